The first-order valence-electron chi connectivity index (χ1n) is 5.63. The lowest BCUT2D eigenvalue weighted by Crippen LogP contribution is -2.45. The molecule has 18 heavy (non-hydrogen) atoms. The van der Waals surface area contributed by atoms with Crippen LogP contribution in [-0.2, 0) is 9.53 Å². The van der Waals surface area contributed by atoms with Crippen molar-refractivity contribution in [3.05, 3.63) is 20.8 Å². The molecule has 2 unspecified atom stereocenters. The predicted molar refractivity (Wildman–Crippen MR) is 74.7 cm³/mol. The molecular weight excluding hydrogens is 318 g/mol. The third-order valence-corrected chi connectivity index (χ3v) is 4.37. The molecule has 1 heterocycles. The summed E-state index contributed by atoms with van der Waals surface area (Å²) < 4.78 is 5.60. The van der Waals surface area contributed by atoms with Crippen molar-refractivity contribution in [3.63, 3.8) is 0 Å². The van der Waals surface area contributed by atoms with E-state index < -0.39 is 12.0 Å². The normalized spacial score (nSPS) is 13.8. The molecule has 0 radical (unpaired) electrons. The Kier molecular flexibility index (Phi) is 5.81. The number of methoxy groups -OCH3 is 1. The van der Waals surface area contributed by atoms with Gasteiger partial charge < -0.3 is 10.1 Å². The number of esters is 1. The van der Waals surface area contributed by atoms with Gasteiger partial charge in [0.2, 0.25) is 0 Å². The molecular formula is C12H16BrNO3S. The molecule has 0 bridgehead atoms. The van der Waals surface area contributed by atoms with E-state index in [-0.39, 0.29) is 11.8 Å². The lowest BCUT2D eigenvalue weighted by molar-refractivity contribution is -0.144. The van der Waals surface area contributed by atoms with Gasteiger partial charge in [0.15, 0.2) is 0 Å². The lowest BCUT2D eigenvalue weighted by Gasteiger charge is -2.21. The quantitative estimate of drug-likeness (QED) is 0.843. The maximum atomic E-state index is 12.0. The zero-order chi connectivity index (χ0) is 13.7. The van der Waals surface area contributed by atoms with E-state index in [0.717, 1.165) is 10.2 Å². The van der Waals surface area contributed by atoms with Crippen LogP contribution in [0.3, 0.4) is 0 Å². The van der Waals surface area contributed by atoms with E-state index in [4.69, 9.17) is 4.74 Å². The van der Waals surface area contributed by atoms with Gasteiger partial charge in [-0.3, -0.25) is 4.79 Å². The molecule has 1 aromatic heterocycles. The number of halogens is 1. The Morgan fingerprint density at radius 1 is 1.50 bits per heavy atom. The number of nitrogens with one attached hydrogen (secondary N) is 1. The van der Waals surface area contributed by atoms with E-state index in [1.807, 2.05) is 13.8 Å². The van der Waals surface area contributed by atoms with E-state index in [1.165, 1.54) is 18.4 Å². The highest BCUT2D eigenvalue weighted by atomic mass is 79.9. The summed E-state index contributed by atoms with van der Waals surface area (Å²) in [6.07, 6.45) is 0.786. The minimum absolute atomic E-state index is 0.0322. The largest absolute Gasteiger partial charge is 0.467 e. The van der Waals surface area contributed by atoms with Crippen LogP contribution in [0.25, 0.3) is 0 Å². The van der Waals surface area contributed by atoms with Crippen molar-refractivity contribution in [1.82, 2.24) is 5.32 Å². The molecule has 0 aliphatic carbocycles. The van der Waals surface area contributed by atoms with Crippen LogP contribution in [0.5, 0.6) is 0 Å². The van der Waals surface area contributed by atoms with Gasteiger partial charge in [0.25, 0.3) is 5.91 Å². The number of ether oxygens (including phenoxy) is 1. The fourth-order valence-electron chi connectivity index (χ4n) is 1.44. The van der Waals surface area contributed by atoms with Crippen molar-refractivity contribution in [2.24, 2.45) is 5.92 Å². The molecule has 1 rings (SSSR count). The summed E-state index contributed by atoms with van der Waals surface area (Å²) in [6.45, 7) is 3.88. The Morgan fingerprint density at radius 3 is 2.61 bits per heavy atom. The Hall–Kier alpha value is -0.880. The second-order valence-electron chi connectivity index (χ2n) is 3.96. The summed E-state index contributed by atoms with van der Waals surface area (Å²) in [4.78, 5) is 24.2. The van der Waals surface area contributed by atoms with Crippen molar-refractivity contribution >= 4 is 39.1 Å². The summed E-state index contributed by atoms with van der Waals surface area (Å²) in [7, 11) is 1.32. The van der Waals surface area contributed by atoms with Gasteiger partial charge >= 0.3 is 5.97 Å². The van der Waals surface area contributed by atoms with Crippen LogP contribution >= 0.6 is 27.3 Å². The molecule has 0 fully saturated rings. The highest BCUT2D eigenvalue weighted by Crippen LogP contribution is 2.22. The predicted octanol–water partition coefficient (Wildman–Crippen LogP) is 2.83. The van der Waals surface area contributed by atoms with Gasteiger partial charge in [-0.15, -0.1) is 11.3 Å². The number of hydrogen-bond acceptors (Lipinski definition) is 4. The average Bonchev–Trinajstić information content (AvgIpc) is 2.80. The number of amides is 1. The second kappa shape index (κ2) is 6.89. The summed E-state index contributed by atoms with van der Waals surface area (Å²) in [5.41, 5.74) is 0. The van der Waals surface area contributed by atoms with Gasteiger partial charge in [-0.05, 0) is 34.0 Å². The van der Waals surface area contributed by atoms with Crippen LogP contribution in [0, 0.1) is 5.92 Å². The highest BCUT2D eigenvalue weighted by molar-refractivity contribution is 9.11. The van der Waals surface area contributed by atoms with Crippen LogP contribution in [-0.4, -0.2) is 25.0 Å². The zero-order valence-corrected chi connectivity index (χ0v) is 12.9. The molecule has 1 N–H and O–H groups in total. The third-order valence-electron chi connectivity index (χ3n) is 2.75. The SMILES string of the molecule is CCC(C)C(NC(=O)c1ccc(Br)s1)C(=O)OC. The van der Waals surface area contributed by atoms with Crippen molar-refractivity contribution in [2.45, 2.75) is 26.3 Å². The van der Waals surface area contributed by atoms with E-state index >= 15 is 0 Å². The van der Waals surface area contributed by atoms with E-state index in [0.29, 0.717) is 4.88 Å². The maximum Gasteiger partial charge on any atom is 0.328 e. The second-order valence-corrected chi connectivity index (χ2v) is 6.43. The van der Waals surface area contributed by atoms with Crippen molar-refractivity contribution in [1.29, 1.82) is 0 Å². The monoisotopic (exact) mass is 333 g/mol. The number of carbonyl (C=O) groups excluding carboxylic acids is 2. The van der Waals surface area contributed by atoms with Crippen LogP contribution < -0.4 is 5.32 Å². The van der Waals surface area contributed by atoms with Crippen molar-refractivity contribution in [3.8, 4) is 0 Å². The molecule has 0 saturated heterocycles. The maximum absolute atomic E-state index is 12.0. The lowest BCUT2D eigenvalue weighted by atomic mass is 9.99. The van der Waals surface area contributed by atoms with E-state index in [9.17, 15) is 9.59 Å². The Bertz CT molecular complexity index is 433. The first kappa shape index (κ1) is 15.2. The standard InChI is InChI=1S/C12H16BrNO3S/c1-4-7(2)10(12(16)17-3)14-11(15)8-5-6-9(13)18-8/h5-7,10H,4H2,1-3H3,(H,14,15). The Balaban J connectivity index is 2.77. The molecule has 0 saturated carbocycles. The number of carbonyl (C=O) groups is 2. The third kappa shape index (κ3) is 3.81. The van der Waals surface area contributed by atoms with Crippen LogP contribution in [0.2, 0.25) is 0 Å². The molecule has 4 nitrogen and oxygen atoms in total. The van der Waals surface area contributed by atoms with Crippen molar-refractivity contribution < 1.29 is 14.3 Å². The van der Waals surface area contributed by atoms with Gasteiger partial charge in [0.05, 0.1) is 15.8 Å². The first-order chi connectivity index (χ1) is 8.49. The van der Waals surface area contributed by atoms with E-state index in [1.54, 1.807) is 12.1 Å². The minimum atomic E-state index is -0.603. The summed E-state index contributed by atoms with van der Waals surface area (Å²) in [5, 5.41) is 2.72. The number of rotatable bonds is 5. The molecule has 0 aliphatic rings. The van der Waals surface area contributed by atoms with Gasteiger partial charge in [-0.2, -0.15) is 0 Å². The Labute approximate surface area is 119 Å². The van der Waals surface area contributed by atoms with Crippen LogP contribution in [0.4, 0.5) is 0 Å². The molecule has 1 aromatic rings. The first-order valence-corrected chi connectivity index (χ1v) is 7.24. The zero-order valence-electron chi connectivity index (χ0n) is 10.5. The van der Waals surface area contributed by atoms with E-state index in [2.05, 4.69) is 21.2 Å². The van der Waals surface area contributed by atoms with Gasteiger partial charge in [0, 0.05) is 0 Å². The number of hydrogen-bond donors (Lipinski definition) is 1. The van der Waals surface area contributed by atoms with Gasteiger partial charge in [0.1, 0.15) is 6.04 Å². The molecule has 0 aliphatic heterocycles. The molecule has 1 amide bonds. The van der Waals surface area contributed by atoms with Gasteiger partial charge in [-0.1, -0.05) is 20.3 Å². The summed E-state index contributed by atoms with van der Waals surface area (Å²) in [6, 6.07) is 2.92. The van der Waals surface area contributed by atoms with Crippen LogP contribution in [0.1, 0.15) is 29.9 Å². The summed E-state index contributed by atoms with van der Waals surface area (Å²) >= 11 is 4.63. The van der Waals surface area contributed by atoms with Crippen LogP contribution in [0.15, 0.2) is 15.9 Å². The fraction of sp³-hybridized carbons (Fsp3) is 0.500. The summed E-state index contributed by atoms with van der Waals surface area (Å²) in [5.74, 6) is -0.625. The number of thiophene rings is 1. The molecule has 2 atom stereocenters. The topological polar surface area (TPSA) is 55.4 Å². The smallest absolute Gasteiger partial charge is 0.328 e. The molecule has 0 aromatic carbocycles. The molecule has 100 valence electrons. The fourth-order valence-corrected chi connectivity index (χ4v) is 2.73. The van der Waals surface area contributed by atoms with Crippen molar-refractivity contribution in [2.75, 3.05) is 7.11 Å². The van der Waals surface area contributed by atoms with Gasteiger partial charge in [-0.25, -0.2) is 4.79 Å². The Morgan fingerprint density at radius 2 is 2.17 bits per heavy atom. The molecule has 0 spiro atoms. The minimum Gasteiger partial charge on any atom is -0.467 e. The highest BCUT2D eigenvalue weighted by Gasteiger charge is 2.27. The average molecular weight is 334 g/mol. The molecule has 6 heteroatoms.